The average Bonchev–Trinajstić information content (AvgIpc) is 2.41. The fourth-order valence-corrected chi connectivity index (χ4v) is 1.85. The third kappa shape index (κ3) is 2.91. The maximum absolute atomic E-state index is 12.9. The highest BCUT2D eigenvalue weighted by molar-refractivity contribution is 5.59. The van der Waals surface area contributed by atoms with Gasteiger partial charge in [0.25, 0.3) is 5.56 Å². The lowest BCUT2D eigenvalue weighted by Gasteiger charge is -2.10. The fraction of sp³-hybridized carbons (Fsp3) is 0.267. The molecule has 1 aromatic carbocycles. The minimum atomic E-state index is -0.396. The van der Waals surface area contributed by atoms with Crippen LogP contribution in [0.2, 0.25) is 0 Å². The third-order valence-electron chi connectivity index (χ3n) is 2.77. The van der Waals surface area contributed by atoms with Crippen molar-refractivity contribution in [2.45, 2.75) is 20.4 Å². The maximum atomic E-state index is 12.9. The van der Waals surface area contributed by atoms with Crippen LogP contribution in [-0.4, -0.2) is 9.78 Å². The van der Waals surface area contributed by atoms with Gasteiger partial charge < -0.3 is 0 Å². The summed E-state index contributed by atoms with van der Waals surface area (Å²) in [7, 11) is 0. The molecule has 0 radical (unpaired) electrons. The van der Waals surface area contributed by atoms with Gasteiger partial charge in [-0.05, 0) is 36.2 Å². The smallest absolute Gasteiger partial charge is 0.266 e. The zero-order valence-electron chi connectivity index (χ0n) is 11.3. The van der Waals surface area contributed by atoms with Crippen LogP contribution in [0.5, 0.6) is 0 Å². The molecule has 0 saturated heterocycles. The van der Waals surface area contributed by atoms with E-state index in [1.807, 2.05) is 19.9 Å². The Morgan fingerprint density at radius 2 is 2.00 bits per heavy atom. The molecule has 2 rings (SSSR count). The SMILES string of the molecule is CC(C)Cn1nc(-c2ccc(F)cc2)cc(C#N)c1=O. The summed E-state index contributed by atoms with van der Waals surface area (Å²) < 4.78 is 14.2. The molecule has 1 aromatic heterocycles. The van der Waals surface area contributed by atoms with Gasteiger partial charge in [-0.25, -0.2) is 9.07 Å². The Hall–Kier alpha value is -2.48. The number of benzene rings is 1. The van der Waals surface area contributed by atoms with E-state index in [0.29, 0.717) is 17.8 Å². The van der Waals surface area contributed by atoms with Gasteiger partial charge in [0.2, 0.25) is 0 Å². The highest BCUT2D eigenvalue weighted by Crippen LogP contribution is 2.17. The number of nitriles is 1. The number of nitrogens with zero attached hydrogens (tertiary/aromatic N) is 3. The number of hydrogen-bond donors (Lipinski definition) is 0. The second kappa shape index (κ2) is 5.66. The largest absolute Gasteiger partial charge is 0.284 e. The van der Waals surface area contributed by atoms with Crippen molar-refractivity contribution >= 4 is 0 Å². The van der Waals surface area contributed by atoms with Gasteiger partial charge in [0.1, 0.15) is 17.4 Å². The number of halogens is 1. The van der Waals surface area contributed by atoms with Gasteiger partial charge in [-0.15, -0.1) is 0 Å². The fourth-order valence-electron chi connectivity index (χ4n) is 1.85. The molecule has 5 heteroatoms. The quantitative estimate of drug-likeness (QED) is 0.862. The van der Waals surface area contributed by atoms with Crippen LogP contribution in [0.4, 0.5) is 4.39 Å². The normalized spacial score (nSPS) is 10.6. The van der Waals surface area contributed by atoms with Crippen molar-refractivity contribution in [2.24, 2.45) is 5.92 Å². The van der Waals surface area contributed by atoms with Crippen LogP contribution in [0.25, 0.3) is 11.3 Å². The lowest BCUT2D eigenvalue weighted by atomic mass is 10.1. The lowest BCUT2D eigenvalue weighted by Crippen LogP contribution is -2.27. The van der Waals surface area contributed by atoms with Gasteiger partial charge in [0.15, 0.2) is 0 Å². The summed E-state index contributed by atoms with van der Waals surface area (Å²) in [6, 6.07) is 9.11. The van der Waals surface area contributed by atoms with Crippen LogP contribution in [0.1, 0.15) is 19.4 Å². The van der Waals surface area contributed by atoms with Gasteiger partial charge in [-0.1, -0.05) is 13.8 Å². The molecular formula is C15H14FN3O. The van der Waals surface area contributed by atoms with Crippen LogP contribution in [-0.2, 0) is 6.54 Å². The van der Waals surface area contributed by atoms with Crippen molar-refractivity contribution in [3.8, 4) is 17.3 Å². The maximum Gasteiger partial charge on any atom is 0.284 e. The van der Waals surface area contributed by atoms with Crippen LogP contribution in [0.15, 0.2) is 35.1 Å². The van der Waals surface area contributed by atoms with Crippen LogP contribution < -0.4 is 5.56 Å². The molecule has 0 fully saturated rings. The van der Waals surface area contributed by atoms with Crippen molar-refractivity contribution in [1.29, 1.82) is 5.26 Å². The van der Waals surface area contributed by atoms with E-state index in [0.717, 1.165) is 0 Å². The van der Waals surface area contributed by atoms with Crippen molar-refractivity contribution in [1.82, 2.24) is 9.78 Å². The van der Waals surface area contributed by atoms with Crippen LogP contribution in [0, 0.1) is 23.1 Å². The molecule has 0 unspecified atom stereocenters. The van der Waals surface area contributed by atoms with E-state index >= 15 is 0 Å². The molecule has 4 nitrogen and oxygen atoms in total. The van der Waals surface area contributed by atoms with Gasteiger partial charge >= 0.3 is 0 Å². The van der Waals surface area contributed by atoms with E-state index in [-0.39, 0.29) is 17.3 Å². The summed E-state index contributed by atoms with van der Waals surface area (Å²) in [6.45, 7) is 4.36. The molecule has 0 bridgehead atoms. The van der Waals surface area contributed by atoms with E-state index < -0.39 is 5.56 Å². The Morgan fingerprint density at radius 3 is 2.55 bits per heavy atom. The van der Waals surface area contributed by atoms with E-state index in [1.54, 1.807) is 12.1 Å². The molecule has 1 heterocycles. The van der Waals surface area contributed by atoms with E-state index in [9.17, 15) is 9.18 Å². The van der Waals surface area contributed by atoms with Gasteiger partial charge in [0, 0.05) is 12.1 Å². The second-order valence-corrected chi connectivity index (χ2v) is 4.94. The number of hydrogen-bond acceptors (Lipinski definition) is 3. The first-order chi connectivity index (χ1) is 9.51. The topological polar surface area (TPSA) is 58.7 Å². The third-order valence-corrected chi connectivity index (χ3v) is 2.77. The second-order valence-electron chi connectivity index (χ2n) is 4.94. The summed E-state index contributed by atoms with van der Waals surface area (Å²) in [5.41, 5.74) is 0.800. The predicted octanol–water partition coefficient (Wildman–Crippen LogP) is 2.58. The number of rotatable bonds is 3. The molecule has 0 aliphatic rings. The van der Waals surface area contributed by atoms with Gasteiger partial charge in [0.05, 0.1) is 5.69 Å². The molecule has 0 atom stereocenters. The van der Waals surface area contributed by atoms with E-state index in [2.05, 4.69) is 5.10 Å². The molecule has 0 amide bonds. The zero-order valence-corrected chi connectivity index (χ0v) is 11.3. The van der Waals surface area contributed by atoms with Gasteiger partial charge in [-0.2, -0.15) is 10.4 Å². The van der Waals surface area contributed by atoms with E-state index in [4.69, 9.17) is 5.26 Å². The van der Waals surface area contributed by atoms with E-state index in [1.165, 1.54) is 22.9 Å². The molecule has 0 saturated carbocycles. The summed E-state index contributed by atoms with van der Waals surface area (Å²) in [5.74, 6) is -0.111. The first-order valence-electron chi connectivity index (χ1n) is 6.29. The highest BCUT2D eigenvalue weighted by atomic mass is 19.1. The summed E-state index contributed by atoms with van der Waals surface area (Å²) in [6.07, 6.45) is 0. The highest BCUT2D eigenvalue weighted by Gasteiger charge is 2.10. The molecular weight excluding hydrogens is 257 g/mol. The standard InChI is InChI=1S/C15H14FN3O/c1-10(2)9-19-15(20)12(8-17)7-14(18-19)11-3-5-13(16)6-4-11/h3-7,10H,9H2,1-2H3. The molecule has 102 valence electrons. The van der Waals surface area contributed by atoms with Crippen molar-refractivity contribution in [3.05, 3.63) is 52.1 Å². The van der Waals surface area contributed by atoms with Crippen molar-refractivity contribution < 1.29 is 4.39 Å². The average molecular weight is 271 g/mol. The van der Waals surface area contributed by atoms with Crippen molar-refractivity contribution in [3.63, 3.8) is 0 Å². The first kappa shape index (κ1) is 13.9. The minimum absolute atomic E-state index is 0.0416. The Labute approximate surface area is 116 Å². The van der Waals surface area contributed by atoms with Crippen LogP contribution >= 0.6 is 0 Å². The summed E-state index contributed by atoms with van der Waals surface area (Å²) in [5, 5.41) is 13.3. The Morgan fingerprint density at radius 1 is 1.35 bits per heavy atom. The van der Waals surface area contributed by atoms with Crippen LogP contribution in [0.3, 0.4) is 0 Å². The summed E-state index contributed by atoms with van der Waals surface area (Å²) in [4.78, 5) is 12.0. The molecule has 0 N–H and O–H groups in total. The first-order valence-corrected chi connectivity index (χ1v) is 6.29. The lowest BCUT2D eigenvalue weighted by molar-refractivity contribution is 0.464. The molecule has 0 aliphatic heterocycles. The zero-order chi connectivity index (χ0) is 14.7. The van der Waals surface area contributed by atoms with Crippen molar-refractivity contribution in [2.75, 3.05) is 0 Å². The van der Waals surface area contributed by atoms with Gasteiger partial charge in [-0.3, -0.25) is 4.79 Å². The molecule has 2 aromatic rings. The molecule has 0 spiro atoms. The number of aromatic nitrogens is 2. The Bertz CT molecular complexity index is 711. The molecule has 0 aliphatic carbocycles. The predicted molar refractivity (Wildman–Crippen MR) is 73.4 cm³/mol. The molecule has 20 heavy (non-hydrogen) atoms. The minimum Gasteiger partial charge on any atom is -0.266 e. The Kier molecular flexibility index (Phi) is 3.94. The summed E-state index contributed by atoms with van der Waals surface area (Å²) >= 11 is 0. The Balaban J connectivity index is 2.57. The monoisotopic (exact) mass is 271 g/mol.